The van der Waals surface area contributed by atoms with Gasteiger partial charge in [0.25, 0.3) is 0 Å². The van der Waals surface area contributed by atoms with Crippen LogP contribution in [-0.4, -0.2) is 27.7 Å². The Labute approximate surface area is 133 Å². The lowest BCUT2D eigenvalue weighted by atomic mass is 10.3. The first-order chi connectivity index (χ1) is 10.0. The van der Waals surface area contributed by atoms with Crippen LogP contribution in [0, 0.1) is 0 Å². The summed E-state index contributed by atoms with van der Waals surface area (Å²) in [7, 11) is 0. The molecule has 0 unspecified atom stereocenters. The van der Waals surface area contributed by atoms with Crippen LogP contribution in [0.5, 0.6) is 0 Å². The second kappa shape index (κ2) is 7.24. The molecule has 1 aromatic heterocycles. The highest BCUT2D eigenvalue weighted by atomic mass is 79.9. The van der Waals surface area contributed by atoms with Crippen molar-refractivity contribution in [1.82, 2.24) is 4.98 Å². The summed E-state index contributed by atoms with van der Waals surface area (Å²) < 4.78 is 0.883. The molecule has 0 saturated carbocycles. The van der Waals surface area contributed by atoms with Crippen LogP contribution in [0.25, 0.3) is 0 Å². The number of carbonyl (C=O) groups is 2. The molecule has 1 heterocycles. The number of carbonyl (C=O) groups excluding carboxylic acids is 1. The Morgan fingerprint density at radius 2 is 2.10 bits per heavy atom. The van der Waals surface area contributed by atoms with Gasteiger partial charge in [-0.25, -0.2) is 9.78 Å². The lowest BCUT2D eigenvalue weighted by Crippen LogP contribution is -2.14. The number of amides is 1. The predicted octanol–water partition coefficient (Wildman–Crippen LogP) is 3.27. The molecule has 21 heavy (non-hydrogen) atoms. The van der Waals surface area contributed by atoms with E-state index in [0.29, 0.717) is 10.6 Å². The lowest BCUT2D eigenvalue weighted by Gasteiger charge is -2.06. The number of aromatic carboxylic acids is 1. The predicted molar refractivity (Wildman–Crippen MR) is 84.7 cm³/mol. The summed E-state index contributed by atoms with van der Waals surface area (Å²) >= 11 is 4.59. The van der Waals surface area contributed by atoms with Gasteiger partial charge in [-0.1, -0.05) is 22.0 Å². The highest BCUT2D eigenvalue weighted by Crippen LogP contribution is 2.19. The van der Waals surface area contributed by atoms with Gasteiger partial charge in [0.1, 0.15) is 5.69 Å². The van der Waals surface area contributed by atoms with Gasteiger partial charge in [0.2, 0.25) is 5.91 Å². The molecule has 0 radical (unpaired) electrons. The van der Waals surface area contributed by atoms with Gasteiger partial charge in [0.05, 0.1) is 5.75 Å². The Hall–Kier alpha value is -1.86. The maximum absolute atomic E-state index is 11.8. The van der Waals surface area contributed by atoms with Crippen molar-refractivity contribution >= 4 is 45.3 Å². The first kappa shape index (κ1) is 15.5. The van der Waals surface area contributed by atoms with Gasteiger partial charge in [-0.15, -0.1) is 11.8 Å². The van der Waals surface area contributed by atoms with Crippen molar-refractivity contribution in [3.8, 4) is 0 Å². The van der Waals surface area contributed by atoms with Gasteiger partial charge in [-0.05, 0) is 30.3 Å². The quantitative estimate of drug-likeness (QED) is 0.793. The summed E-state index contributed by atoms with van der Waals surface area (Å²) in [5.74, 6) is -1.06. The average molecular weight is 367 g/mol. The molecule has 0 aliphatic heterocycles. The van der Waals surface area contributed by atoms with E-state index in [0.717, 1.165) is 4.47 Å². The molecule has 2 rings (SSSR count). The molecule has 7 heteroatoms. The maximum Gasteiger partial charge on any atom is 0.354 e. The van der Waals surface area contributed by atoms with Crippen LogP contribution in [0.2, 0.25) is 0 Å². The molecule has 1 amide bonds. The molecule has 0 atom stereocenters. The number of nitrogens with one attached hydrogen (secondary N) is 1. The molecule has 5 nitrogen and oxygen atoms in total. The van der Waals surface area contributed by atoms with Crippen molar-refractivity contribution in [2.45, 2.75) is 4.90 Å². The third-order valence-electron chi connectivity index (χ3n) is 2.43. The summed E-state index contributed by atoms with van der Waals surface area (Å²) in [6.45, 7) is 0. The van der Waals surface area contributed by atoms with Crippen molar-refractivity contribution in [2.24, 2.45) is 0 Å². The van der Waals surface area contributed by atoms with Gasteiger partial charge in [-0.3, -0.25) is 4.79 Å². The largest absolute Gasteiger partial charge is 0.477 e. The van der Waals surface area contributed by atoms with Crippen LogP contribution in [0.4, 0.5) is 5.69 Å². The fraction of sp³-hybridized carbons (Fsp3) is 0.0714. The zero-order valence-corrected chi connectivity index (χ0v) is 13.1. The highest BCUT2D eigenvalue weighted by molar-refractivity contribution is 9.10. The second-order valence-electron chi connectivity index (χ2n) is 4.03. The number of nitrogens with zero attached hydrogens (tertiary/aromatic N) is 1. The molecule has 1 aromatic carbocycles. The van der Waals surface area contributed by atoms with Crippen molar-refractivity contribution in [2.75, 3.05) is 11.1 Å². The van der Waals surface area contributed by atoms with E-state index in [1.165, 1.54) is 24.0 Å². The highest BCUT2D eigenvalue weighted by Gasteiger charge is 2.08. The minimum Gasteiger partial charge on any atom is -0.477 e. The zero-order valence-electron chi connectivity index (χ0n) is 10.7. The molecule has 0 fully saturated rings. The summed E-state index contributed by atoms with van der Waals surface area (Å²) in [6, 6.07) is 10.4. The van der Waals surface area contributed by atoms with Gasteiger partial charge in [0.15, 0.2) is 0 Å². The van der Waals surface area contributed by atoms with Gasteiger partial charge in [0, 0.05) is 21.3 Å². The number of hydrogen-bond acceptors (Lipinski definition) is 4. The summed E-state index contributed by atoms with van der Waals surface area (Å²) in [4.78, 5) is 27.1. The third-order valence-corrected chi connectivity index (χ3v) is 3.92. The van der Waals surface area contributed by atoms with Gasteiger partial charge < -0.3 is 10.4 Å². The Morgan fingerprint density at radius 3 is 2.81 bits per heavy atom. The Morgan fingerprint density at radius 1 is 1.29 bits per heavy atom. The minimum atomic E-state index is -1.09. The van der Waals surface area contributed by atoms with Crippen LogP contribution < -0.4 is 5.32 Å². The topological polar surface area (TPSA) is 79.3 Å². The molecule has 0 bridgehead atoms. The Balaban J connectivity index is 1.92. The number of benzene rings is 1. The van der Waals surface area contributed by atoms with Crippen LogP contribution in [0.3, 0.4) is 0 Å². The SMILES string of the molecule is O=C(CSc1ccnc(C(=O)O)c1)Nc1cccc(Br)c1. The standard InChI is InChI=1S/C14H11BrN2O3S/c15-9-2-1-3-10(6-9)17-13(18)8-21-11-4-5-16-12(7-11)14(19)20/h1-7H,8H2,(H,17,18)(H,19,20). The molecule has 0 aliphatic rings. The number of carboxylic acids is 1. The van der Waals surface area contributed by atoms with Crippen molar-refractivity contribution in [3.63, 3.8) is 0 Å². The molecular weight excluding hydrogens is 356 g/mol. The van der Waals surface area contributed by atoms with E-state index in [9.17, 15) is 9.59 Å². The normalized spacial score (nSPS) is 10.1. The Bertz CT molecular complexity index is 679. The van der Waals surface area contributed by atoms with Gasteiger partial charge in [-0.2, -0.15) is 0 Å². The van der Waals surface area contributed by atoms with E-state index in [-0.39, 0.29) is 17.4 Å². The average Bonchev–Trinajstić information content (AvgIpc) is 2.45. The van der Waals surface area contributed by atoms with E-state index >= 15 is 0 Å². The molecule has 2 N–H and O–H groups in total. The molecule has 0 saturated heterocycles. The lowest BCUT2D eigenvalue weighted by molar-refractivity contribution is -0.113. The number of hydrogen-bond donors (Lipinski definition) is 2. The van der Waals surface area contributed by atoms with Crippen LogP contribution in [0.15, 0.2) is 52.0 Å². The number of thioether (sulfide) groups is 1. The molecule has 0 spiro atoms. The van der Waals surface area contributed by atoms with E-state index in [4.69, 9.17) is 5.11 Å². The summed E-state index contributed by atoms with van der Waals surface area (Å²) in [5.41, 5.74) is 0.670. The summed E-state index contributed by atoms with van der Waals surface area (Å²) in [6.07, 6.45) is 1.41. The van der Waals surface area contributed by atoms with Crippen LogP contribution in [-0.2, 0) is 4.79 Å². The molecule has 2 aromatic rings. The fourth-order valence-corrected chi connectivity index (χ4v) is 2.65. The first-order valence-electron chi connectivity index (χ1n) is 5.92. The third kappa shape index (κ3) is 4.87. The summed E-state index contributed by atoms with van der Waals surface area (Å²) in [5, 5.41) is 11.6. The van der Waals surface area contributed by atoms with E-state index in [1.807, 2.05) is 12.1 Å². The molecule has 108 valence electrons. The Kier molecular flexibility index (Phi) is 5.35. The van der Waals surface area contributed by atoms with E-state index in [1.54, 1.807) is 18.2 Å². The number of anilines is 1. The number of rotatable bonds is 5. The first-order valence-corrected chi connectivity index (χ1v) is 7.70. The minimum absolute atomic E-state index is 0.0348. The zero-order chi connectivity index (χ0) is 15.2. The van der Waals surface area contributed by atoms with Gasteiger partial charge >= 0.3 is 5.97 Å². The van der Waals surface area contributed by atoms with E-state index in [2.05, 4.69) is 26.2 Å². The monoisotopic (exact) mass is 366 g/mol. The fourth-order valence-electron chi connectivity index (χ4n) is 1.53. The molecule has 0 aliphatic carbocycles. The van der Waals surface area contributed by atoms with Crippen LogP contribution >= 0.6 is 27.7 Å². The van der Waals surface area contributed by atoms with Crippen molar-refractivity contribution in [3.05, 3.63) is 52.8 Å². The van der Waals surface area contributed by atoms with Crippen molar-refractivity contribution in [1.29, 1.82) is 0 Å². The number of aromatic nitrogens is 1. The number of pyridine rings is 1. The number of carboxylic acid groups (broad SMARTS) is 1. The maximum atomic E-state index is 11.8. The smallest absolute Gasteiger partial charge is 0.354 e. The molecular formula is C14H11BrN2O3S. The number of halogens is 1. The van der Waals surface area contributed by atoms with Crippen LogP contribution in [0.1, 0.15) is 10.5 Å². The van der Waals surface area contributed by atoms with E-state index < -0.39 is 5.97 Å². The van der Waals surface area contributed by atoms with Crippen molar-refractivity contribution < 1.29 is 14.7 Å². The second-order valence-corrected chi connectivity index (χ2v) is 5.99.